The molecule has 0 atom stereocenters. The average molecular weight is 250 g/mol. The highest BCUT2D eigenvalue weighted by atomic mass is 35.5. The van der Waals surface area contributed by atoms with E-state index in [2.05, 4.69) is 40.3 Å². The van der Waals surface area contributed by atoms with Crippen molar-refractivity contribution in [1.82, 2.24) is 9.55 Å². The van der Waals surface area contributed by atoms with Crippen LogP contribution in [0.3, 0.4) is 0 Å². The third-order valence-corrected chi connectivity index (χ3v) is 2.87. The molecule has 3 nitrogen and oxygen atoms in total. The number of aryl methyl sites for hydroxylation is 1. The van der Waals surface area contributed by atoms with Crippen molar-refractivity contribution in [3.8, 4) is 0 Å². The lowest BCUT2D eigenvalue weighted by atomic mass is 10.3. The fourth-order valence-corrected chi connectivity index (χ4v) is 1.87. The molecule has 90 valence electrons. The molecule has 2 aromatic rings. The predicted molar refractivity (Wildman–Crippen MR) is 71.3 cm³/mol. The van der Waals surface area contributed by atoms with E-state index >= 15 is 0 Å². The molecule has 2 aromatic heterocycles. The molecule has 2 heterocycles. The first-order valence-corrected chi connectivity index (χ1v) is 6.15. The predicted octanol–water partition coefficient (Wildman–Crippen LogP) is 3.56. The molecule has 0 radical (unpaired) electrons. The summed E-state index contributed by atoms with van der Waals surface area (Å²) in [5.41, 5.74) is 2.12. The summed E-state index contributed by atoms with van der Waals surface area (Å²) in [7, 11) is 0. The summed E-state index contributed by atoms with van der Waals surface area (Å²) in [6, 6.07) is 3.90. The number of anilines is 1. The largest absolute Gasteiger partial charge is 0.378 e. The maximum atomic E-state index is 6.04. The summed E-state index contributed by atoms with van der Waals surface area (Å²) in [4.78, 5) is 4.04. The minimum atomic E-state index is 0.702. The van der Waals surface area contributed by atoms with Crippen LogP contribution in [0.15, 0.2) is 36.9 Å². The van der Waals surface area contributed by atoms with Gasteiger partial charge in [-0.2, -0.15) is 0 Å². The molecule has 0 fully saturated rings. The first kappa shape index (κ1) is 12.0. The molecule has 0 bridgehead atoms. The van der Waals surface area contributed by atoms with Crippen molar-refractivity contribution in [3.05, 3.63) is 47.5 Å². The van der Waals surface area contributed by atoms with Gasteiger partial charge in [-0.3, -0.25) is 4.98 Å². The molecule has 4 heteroatoms. The number of aromatic nitrogens is 2. The summed E-state index contributed by atoms with van der Waals surface area (Å²) in [6.45, 7) is 4.00. The van der Waals surface area contributed by atoms with Gasteiger partial charge in [-0.05, 0) is 24.1 Å². The Labute approximate surface area is 106 Å². The second-order valence-electron chi connectivity index (χ2n) is 3.97. The molecular weight excluding hydrogens is 234 g/mol. The van der Waals surface area contributed by atoms with Crippen molar-refractivity contribution in [1.29, 1.82) is 0 Å². The Morgan fingerprint density at radius 2 is 2.29 bits per heavy atom. The maximum Gasteiger partial charge on any atom is 0.0718 e. The van der Waals surface area contributed by atoms with Gasteiger partial charge in [0.05, 0.1) is 16.9 Å². The SMILES string of the molecule is CCCn1ccc(CNc2cnccc2Cl)c1. The zero-order chi connectivity index (χ0) is 12.1. The van der Waals surface area contributed by atoms with Crippen molar-refractivity contribution in [2.45, 2.75) is 26.4 Å². The van der Waals surface area contributed by atoms with Crippen LogP contribution < -0.4 is 5.32 Å². The lowest BCUT2D eigenvalue weighted by Crippen LogP contribution is -1.99. The van der Waals surface area contributed by atoms with Crippen LogP contribution in [0.4, 0.5) is 5.69 Å². The van der Waals surface area contributed by atoms with E-state index in [4.69, 9.17) is 11.6 Å². The van der Waals surface area contributed by atoms with E-state index in [0.717, 1.165) is 25.2 Å². The van der Waals surface area contributed by atoms with Crippen molar-refractivity contribution in [3.63, 3.8) is 0 Å². The number of hydrogen-bond acceptors (Lipinski definition) is 2. The van der Waals surface area contributed by atoms with Crippen LogP contribution in [0.25, 0.3) is 0 Å². The quantitative estimate of drug-likeness (QED) is 0.878. The zero-order valence-electron chi connectivity index (χ0n) is 9.86. The second kappa shape index (κ2) is 5.73. The Bertz CT molecular complexity index is 479. The van der Waals surface area contributed by atoms with Crippen LogP contribution in [0.2, 0.25) is 5.02 Å². The normalized spacial score (nSPS) is 10.5. The van der Waals surface area contributed by atoms with E-state index in [9.17, 15) is 0 Å². The van der Waals surface area contributed by atoms with Gasteiger partial charge in [0.25, 0.3) is 0 Å². The van der Waals surface area contributed by atoms with Crippen LogP contribution in [0.5, 0.6) is 0 Å². The summed E-state index contributed by atoms with van der Waals surface area (Å²) in [5.74, 6) is 0. The monoisotopic (exact) mass is 249 g/mol. The van der Waals surface area contributed by atoms with Gasteiger partial charge in [-0.15, -0.1) is 0 Å². The standard InChI is InChI=1S/C13H16ClN3/c1-2-6-17-7-4-11(10-17)8-16-13-9-15-5-3-12(13)14/h3-5,7,9-10,16H,2,6,8H2,1H3. The molecule has 0 unspecified atom stereocenters. The molecule has 0 saturated heterocycles. The first-order chi connectivity index (χ1) is 8.29. The van der Waals surface area contributed by atoms with Crippen LogP contribution >= 0.6 is 11.6 Å². The number of hydrogen-bond donors (Lipinski definition) is 1. The number of pyridine rings is 1. The van der Waals surface area contributed by atoms with E-state index in [-0.39, 0.29) is 0 Å². The van der Waals surface area contributed by atoms with E-state index in [1.54, 1.807) is 18.5 Å². The maximum absolute atomic E-state index is 6.04. The van der Waals surface area contributed by atoms with E-state index in [0.29, 0.717) is 5.02 Å². The Morgan fingerprint density at radius 3 is 3.06 bits per heavy atom. The third kappa shape index (κ3) is 3.24. The Morgan fingerprint density at radius 1 is 1.41 bits per heavy atom. The molecule has 1 N–H and O–H groups in total. The highest BCUT2D eigenvalue weighted by molar-refractivity contribution is 6.33. The highest BCUT2D eigenvalue weighted by Crippen LogP contribution is 2.19. The molecule has 0 amide bonds. The van der Waals surface area contributed by atoms with E-state index in [1.807, 2.05) is 0 Å². The van der Waals surface area contributed by atoms with Gasteiger partial charge in [0, 0.05) is 31.7 Å². The van der Waals surface area contributed by atoms with Gasteiger partial charge in [0.15, 0.2) is 0 Å². The van der Waals surface area contributed by atoms with Crippen molar-refractivity contribution in [2.75, 3.05) is 5.32 Å². The van der Waals surface area contributed by atoms with Crippen molar-refractivity contribution in [2.24, 2.45) is 0 Å². The third-order valence-electron chi connectivity index (χ3n) is 2.54. The summed E-state index contributed by atoms with van der Waals surface area (Å²) in [5, 5.41) is 3.98. The molecule has 0 aliphatic carbocycles. The number of nitrogens with one attached hydrogen (secondary N) is 1. The second-order valence-corrected chi connectivity index (χ2v) is 4.37. The Kier molecular flexibility index (Phi) is 4.04. The smallest absolute Gasteiger partial charge is 0.0718 e. The van der Waals surface area contributed by atoms with Crippen molar-refractivity contribution < 1.29 is 0 Å². The van der Waals surface area contributed by atoms with Crippen LogP contribution in [-0.4, -0.2) is 9.55 Å². The summed E-state index contributed by atoms with van der Waals surface area (Å²) < 4.78 is 2.20. The number of halogens is 1. The molecule has 2 rings (SSSR count). The van der Waals surface area contributed by atoms with Crippen LogP contribution in [-0.2, 0) is 13.1 Å². The van der Waals surface area contributed by atoms with Gasteiger partial charge in [0.2, 0.25) is 0 Å². The summed E-state index contributed by atoms with van der Waals surface area (Å²) in [6.07, 6.45) is 8.83. The minimum Gasteiger partial charge on any atom is -0.378 e. The van der Waals surface area contributed by atoms with Gasteiger partial charge in [0.1, 0.15) is 0 Å². The molecule has 0 aliphatic rings. The van der Waals surface area contributed by atoms with Crippen LogP contribution in [0, 0.1) is 0 Å². The zero-order valence-corrected chi connectivity index (χ0v) is 10.6. The Balaban J connectivity index is 1.95. The van der Waals surface area contributed by atoms with Crippen LogP contribution in [0.1, 0.15) is 18.9 Å². The fraction of sp³-hybridized carbons (Fsp3) is 0.308. The summed E-state index contributed by atoms with van der Waals surface area (Å²) >= 11 is 6.04. The van der Waals surface area contributed by atoms with Gasteiger partial charge in [-0.1, -0.05) is 18.5 Å². The molecule has 0 aromatic carbocycles. The minimum absolute atomic E-state index is 0.702. The first-order valence-electron chi connectivity index (χ1n) is 5.77. The van der Waals surface area contributed by atoms with Gasteiger partial charge in [-0.25, -0.2) is 0 Å². The van der Waals surface area contributed by atoms with E-state index in [1.165, 1.54) is 5.56 Å². The van der Waals surface area contributed by atoms with Crippen molar-refractivity contribution >= 4 is 17.3 Å². The molecule has 0 aliphatic heterocycles. The highest BCUT2D eigenvalue weighted by Gasteiger charge is 2.00. The number of nitrogens with zero attached hydrogens (tertiary/aromatic N) is 2. The molecule has 17 heavy (non-hydrogen) atoms. The fourth-order valence-electron chi connectivity index (χ4n) is 1.70. The molecule has 0 saturated carbocycles. The lowest BCUT2D eigenvalue weighted by molar-refractivity contribution is 0.681. The van der Waals surface area contributed by atoms with E-state index < -0.39 is 0 Å². The topological polar surface area (TPSA) is 29.9 Å². The molecule has 0 spiro atoms. The average Bonchev–Trinajstić information content (AvgIpc) is 2.76. The molecular formula is C13H16ClN3. The van der Waals surface area contributed by atoms with Gasteiger partial charge < -0.3 is 9.88 Å². The van der Waals surface area contributed by atoms with Gasteiger partial charge >= 0.3 is 0 Å². The Hall–Kier alpha value is -1.48. The number of rotatable bonds is 5. The lowest BCUT2D eigenvalue weighted by Gasteiger charge is -2.06.